The molecule has 0 saturated carbocycles. The minimum atomic E-state index is -0.413. The van der Waals surface area contributed by atoms with E-state index in [9.17, 15) is 4.79 Å². The van der Waals surface area contributed by atoms with Crippen LogP contribution < -0.4 is 5.32 Å². The van der Waals surface area contributed by atoms with E-state index in [1.165, 1.54) is 0 Å². The highest BCUT2D eigenvalue weighted by atomic mass is 16.2. The molecule has 100 valence electrons. The third-order valence-corrected chi connectivity index (χ3v) is 2.43. The average Bonchev–Trinajstić information content (AvgIpc) is 2.76. The Morgan fingerprint density at radius 1 is 1.26 bits per heavy atom. The number of anilines is 1. The molecule has 19 heavy (non-hydrogen) atoms. The number of hydrogen-bond donors (Lipinski definition) is 2. The van der Waals surface area contributed by atoms with Crippen LogP contribution in [0.2, 0.25) is 0 Å². The fraction of sp³-hybridized carbons (Fsp3) is 0.417. The van der Waals surface area contributed by atoms with Crippen molar-refractivity contribution in [2.75, 3.05) is 5.32 Å². The highest BCUT2D eigenvalue weighted by molar-refractivity contribution is 6.00. The molecule has 7 nitrogen and oxygen atoms in total. The summed E-state index contributed by atoms with van der Waals surface area (Å²) in [5.41, 5.74) is 1.59. The van der Waals surface area contributed by atoms with Gasteiger partial charge in [0, 0.05) is 17.8 Å². The van der Waals surface area contributed by atoms with E-state index in [0.717, 1.165) is 24.2 Å². The molecular weight excluding hydrogens is 244 g/mol. The first-order valence-electron chi connectivity index (χ1n) is 6.13. The largest absolute Gasteiger partial charge is 0.297 e. The Kier molecular flexibility index (Phi) is 3.84. The Labute approximate surface area is 110 Å². The zero-order valence-electron chi connectivity index (χ0n) is 11.2. The van der Waals surface area contributed by atoms with E-state index in [4.69, 9.17) is 0 Å². The number of rotatable bonds is 4. The molecule has 0 unspecified atom stereocenters. The molecule has 2 N–H and O–H groups in total. The Morgan fingerprint density at radius 3 is 2.58 bits per heavy atom. The second-order valence-corrected chi connectivity index (χ2v) is 4.28. The first-order valence-corrected chi connectivity index (χ1v) is 6.13. The minimum Gasteiger partial charge on any atom is -0.288 e. The summed E-state index contributed by atoms with van der Waals surface area (Å²) in [4.78, 5) is 24.3. The fourth-order valence-corrected chi connectivity index (χ4v) is 1.68. The van der Waals surface area contributed by atoms with Crippen LogP contribution in [0, 0.1) is 13.8 Å². The molecule has 0 fully saturated rings. The maximum atomic E-state index is 11.9. The maximum Gasteiger partial charge on any atom is 0.297 e. The van der Waals surface area contributed by atoms with E-state index in [2.05, 4.69) is 30.5 Å². The second-order valence-electron chi connectivity index (χ2n) is 4.28. The van der Waals surface area contributed by atoms with Crippen LogP contribution >= 0.6 is 0 Å². The van der Waals surface area contributed by atoms with Gasteiger partial charge in [-0.2, -0.15) is 0 Å². The van der Waals surface area contributed by atoms with Crippen LogP contribution in [0.1, 0.15) is 41.2 Å². The molecule has 0 aromatic carbocycles. The molecule has 0 aliphatic rings. The predicted octanol–water partition coefficient (Wildman–Crippen LogP) is 1.42. The quantitative estimate of drug-likeness (QED) is 0.866. The number of aromatic nitrogens is 5. The molecule has 0 atom stereocenters. The van der Waals surface area contributed by atoms with Crippen molar-refractivity contribution in [2.24, 2.45) is 0 Å². The molecule has 2 heterocycles. The number of nitrogens with zero attached hydrogens (tertiary/aromatic N) is 4. The smallest absolute Gasteiger partial charge is 0.288 e. The monoisotopic (exact) mass is 260 g/mol. The molecule has 2 aromatic rings. The van der Waals surface area contributed by atoms with Crippen molar-refractivity contribution in [1.82, 2.24) is 25.1 Å². The summed E-state index contributed by atoms with van der Waals surface area (Å²) in [6.07, 6.45) is 1.71. The van der Waals surface area contributed by atoms with Gasteiger partial charge in [0.2, 0.25) is 11.8 Å². The number of aromatic amines is 1. The zero-order chi connectivity index (χ0) is 13.8. The fourth-order valence-electron chi connectivity index (χ4n) is 1.68. The van der Waals surface area contributed by atoms with Gasteiger partial charge in [-0.3, -0.25) is 15.2 Å². The van der Waals surface area contributed by atoms with Crippen LogP contribution in [0.25, 0.3) is 0 Å². The SMILES string of the molecule is CCCc1nc(C(=O)Nc2nc(C)cc(C)n2)n[nH]1. The number of hydrogen-bond acceptors (Lipinski definition) is 5. The van der Waals surface area contributed by atoms with Crippen molar-refractivity contribution in [3.63, 3.8) is 0 Å². The average molecular weight is 260 g/mol. The van der Waals surface area contributed by atoms with E-state index in [1.807, 2.05) is 26.8 Å². The van der Waals surface area contributed by atoms with Crippen molar-refractivity contribution < 1.29 is 4.79 Å². The first-order chi connectivity index (χ1) is 9.08. The van der Waals surface area contributed by atoms with Crippen LogP contribution in [0.15, 0.2) is 6.07 Å². The van der Waals surface area contributed by atoms with E-state index in [-0.39, 0.29) is 11.8 Å². The van der Waals surface area contributed by atoms with Gasteiger partial charge < -0.3 is 0 Å². The number of amides is 1. The number of carbonyl (C=O) groups excluding carboxylic acids is 1. The lowest BCUT2D eigenvalue weighted by Crippen LogP contribution is -2.16. The van der Waals surface area contributed by atoms with Gasteiger partial charge in [0.15, 0.2) is 0 Å². The predicted molar refractivity (Wildman–Crippen MR) is 69.8 cm³/mol. The summed E-state index contributed by atoms with van der Waals surface area (Å²) >= 11 is 0. The van der Waals surface area contributed by atoms with Crippen molar-refractivity contribution in [1.29, 1.82) is 0 Å². The van der Waals surface area contributed by atoms with Crippen LogP contribution in [-0.2, 0) is 6.42 Å². The second kappa shape index (κ2) is 5.55. The maximum absolute atomic E-state index is 11.9. The highest BCUT2D eigenvalue weighted by Gasteiger charge is 2.13. The molecule has 0 bridgehead atoms. The number of aryl methyl sites for hydroxylation is 3. The van der Waals surface area contributed by atoms with Crippen LogP contribution in [0.4, 0.5) is 5.95 Å². The normalized spacial score (nSPS) is 10.5. The van der Waals surface area contributed by atoms with E-state index in [0.29, 0.717) is 5.82 Å². The van der Waals surface area contributed by atoms with Crippen molar-refractivity contribution in [2.45, 2.75) is 33.6 Å². The van der Waals surface area contributed by atoms with Crippen molar-refractivity contribution >= 4 is 11.9 Å². The van der Waals surface area contributed by atoms with E-state index in [1.54, 1.807) is 0 Å². The Hall–Kier alpha value is -2.31. The molecule has 2 rings (SSSR count). The van der Waals surface area contributed by atoms with Gasteiger partial charge in [0.05, 0.1) is 0 Å². The summed E-state index contributed by atoms with van der Waals surface area (Å²) in [5, 5.41) is 9.19. The van der Waals surface area contributed by atoms with Crippen LogP contribution in [0.5, 0.6) is 0 Å². The van der Waals surface area contributed by atoms with Gasteiger partial charge >= 0.3 is 0 Å². The van der Waals surface area contributed by atoms with Gasteiger partial charge in [0.25, 0.3) is 5.91 Å². The molecule has 0 aliphatic heterocycles. The Morgan fingerprint density at radius 2 is 1.95 bits per heavy atom. The molecule has 0 radical (unpaired) electrons. The summed E-state index contributed by atoms with van der Waals surface area (Å²) in [6, 6.07) is 1.84. The van der Waals surface area contributed by atoms with Crippen LogP contribution in [-0.4, -0.2) is 31.1 Å². The summed E-state index contributed by atoms with van der Waals surface area (Å²) in [6.45, 7) is 5.72. The lowest BCUT2D eigenvalue weighted by molar-refractivity contribution is 0.101. The van der Waals surface area contributed by atoms with Gasteiger partial charge in [-0.05, 0) is 26.3 Å². The lowest BCUT2D eigenvalue weighted by Gasteiger charge is -2.02. The van der Waals surface area contributed by atoms with Crippen molar-refractivity contribution in [3.05, 3.63) is 29.1 Å². The topological polar surface area (TPSA) is 96.5 Å². The number of nitrogens with one attached hydrogen (secondary N) is 2. The minimum absolute atomic E-state index is 0.103. The summed E-state index contributed by atoms with van der Waals surface area (Å²) in [7, 11) is 0. The summed E-state index contributed by atoms with van der Waals surface area (Å²) in [5.74, 6) is 0.660. The highest BCUT2D eigenvalue weighted by Crippen LogP contribution is 2.05. The van der Waals surface area contributed by atoms with Gasteiger partial charge in [-0.25, -0.2) is 15.0 Å². The Balaban J connectivity index is 2.11. The molecule has 7 heteroatoms. The van der Waals surface area contributed by atoms with Crippen LogP contribution in [0.3, 0.4) is 0 Å². The zero-order valence-corrected chi connectivity index (χ0v) is 11.2. The third kappa shape index (κ3) is 3.34. The van der Waals surface area contributed by atoms with Gasteiger partial charge in [-0.1, -0.05) is 6.92 Å². The Bertz CT molecular complexity index is 571. The molecule has 2 aromatic heterocycles. The number of H-pyrrole nitrogens is 1. The molecule has 0 spiro atoms. The van der Waals surface area contributed by atoms with E-state index < -0.39 is 5.91 Å². The van der Waals surface area contributed by atoms with Gasteiger partial charge in [-0.15, -0.1) is 5.10 Å². The first kappa shape index (κ1) is 13.1. The van der Waals surface area contributed by atoms with Gasteiger partial charge in [0.1, 0.15) is 5.82 Å². The van der Waals surface area contributed by atoms with Crippen molar-refractivity contribution in [3.8, 4) is 0 Å². The third-order valence-electron chi connectivity index (χ3n) is 2.43. The molecule has 0 aliphatic carbocycles. The number of carbonyl (C=O) groups is 1. The molecule has 1 amide bonds. The van der Waals surface area contributed by atoms with E-state index >= 15 is 0 Å². The standard InChI is InChI=1S/C12H16N6O/c1-4-5-9-15-10(18-17-9)11(19)16-12-13-7(2)6-8(3)14-12/h6H,4-5H2,1-3H3,(H,15,17,18)(H,13,14,16,19). The molecule has 0 saturated heterocycles. The molecular formula is C12H16N6O. The lowest BCUT2D eigenvalue weighted by atomic mass is 10.3. The summed E-state index contributed by atoms with van der Waals surface area (Å²) < 4.78 is 0.